The van der Waals surface area contributed by atoms with Crippen LogP contribution in [0.5, 0.6) is 0 Å². The van der Waals surface area contributed by atoms with E-state index in [0.29, 0.717) is 6.54 Å². The highest BCUT2D eigenvalue weighted by atomic mass is 127. The topological polar surface area (TPSA) is 58.3 Å². The van der Waals surface area contributed by atoms with Crippen LogP contribution in [0.15, 0.2) is 59.3 Å². The molecule has 3 heterocycles. The van der Waals surface area contributed by atoms with E-state index in [1.807, 2.05) is 24.4 Å². The highest BCUT2D eigenvalue weighted by Gasteiger charge is 2.07. The zero-order chi connectivity index (χ0) is 18.2. The molecule has 144 valence electrons. The van der Waals surface area contributed by atoms with Crippen LogP contribution in [0.4, 0.5) is 0 Å². The summed E-state index contributed by atoms with van der Waals surface area (Å²) in [6.45, 7) is 4.46. The first-order valence-corrected chi connectivity index (χ1v) is 9.61. The third-order valence-electron chi connectivity index (χ3n) is 3.93. The Balaban J connectivity index is 0.00000261. The van der Waals surface area contributed by atoms with Crippen molar-refractivity contribution in [2.24, 2.45) is 4.99 Å². The number of pyridine rings is 1. The van der Waals surface area contributed by atoms with Crippen LogP contribution in [-0.4, -0.2) is 45.8 Å². The second-order valence-corrected chi connectivity index (χ2v) is 6.93. The zero-order valence-corrected chi connectivity index (χ0v) is 18.7. The van der Waals surface area contributed by atoms with Gasteiger partial charge in [0.1, 0.15) is 0 Å². The van der Waals surface area contributed by atoms with E-state index < -0.39 is 0 Å². The Morgan fingerprint density at radius 3 is 2.89 bits per heavy atom. The molecule has 0 aliphatic heterocycles. The van der Waals surface area contributed by atoms with Gasteiger partial charge in [-0.05, 0) is 48.6 Å². The predicted molar refractivity (Wildman–Crippen MR) is 122 cm³/mol. The van der Waals surface area contributed by atoms with Gasteiger partial charge in [0.25, 0.3) is 0 Å². The summed E-state index contributed by atoms with van der Waals surface area (Å²) in [6, 6.07) is 10.2. The van der Waals surface area contributed by atoms with Gasteiger partial charge >= 0.3 is 0 Å². The number of likely N-dealkylation sites (N-methyl/N-ethyl adjacent to an activating group) is 1. The number of hydrogen-bond acceptors (Lipinski definition) is 4. The quantitative estimate of drug-likeness (QED) is 0.309. The first-order valence-electron chi connectivity index (χ1n) is 8.73. The van der Waals surface area contributed by atoms with Crippen LogP contribution in [0.3, 0.4) is 0 Å². The van der Waals surface area contributed by atoms with Crippen molar-refractivity contribution >= 4 is 41.3 Å². The minimum Gasteiger partial charge on any atom is -0.357 e. The number of halogens is 1. The number of guanidine groups is 1. The van der Waals surface area contributed by atoms with Gasteiger partial charge in [0, 0.05) is 43.6 Å². The average molecular weight is 496 g/mol. The van der Waals surface area contributed by atoms with Crippen molar-refractivity contribution in [2.45, 2.75) is 19.9 Å². The number of aliphatic imine (C=N–C) groups is 1. The number of thiophene rings is 1. The largest absolute Gasteiger partial charge is 0.357 e. The summed E-state index contributed by atoms with van der Waals surface area (Å²) < 4.78 is 1.76. The molecule has 0 saturated heterocycles. The molecule has 0 atom stereocenters. The Bertz CT molecular complexity index is 817. The van der Waals surface area contributed by atoms with E-state index in [-0.39, 0.29) is 24.0 Å². The molecule has 0 amide bonds. The van der Waals surface area contributed by atoms with E-state index in [0.717, 1.165) is 36.9 Å². The summed E-state index contributed by atoms with van der Waals surface area (Å²) in [5, 5.41) is 9.72. The fourth-order valence-corrected chi connectivity index (χ4v) is 3.26. The second-order valence-electron chi connectivity index (χ2n) is 5.89. The minimum atomic E-state index is 0. The monoisotopic (exact) mass is 496 g/mol. The number of hydrogen-bond donors (Lipinski definition) is 1. The number of nitrogens with zero attached hydrogens (tertiary/aromatic N) is 5. The Kier molecular flexibility index (Phi) is 8.73. The van der Waals surface area contributed by atoms with Gasteiger partial charge in [0.2, 0.25) is 0 Å². The molecule has 1 N–H and O–H groups in total. The minimum absolute atomic E-state index is 0. The SMILES string of the molecule is CCNC(=NCc1ccnc(-n2cccn2)c1)N(C)CCc1cccs1.I. The normalized spacial score (nSPS) is 11.1. The van der Waals surface area contributed by atoms with E-state index in [2.05, 4.69) is 51.8 Å². The molecule has 3 aromatic rings. The van der Waals surface area contributed by atoms with E-state index in [1.54, 1.807) is 28.4 Å². The van der Waals surface area contributed by atoms with Gasteiger partial charge in [0.15, 0.2) is 11.8 Å². The van der Waals surface area contributed by atoms with Gasteiger partial charge < -0.3 is 10.2 Å². The van der Waals surface area contributed by atoms with Crippen molar-refractivity contribution < 1.29 is 0 Å². The zero-order valence-electron chi connectivity index (χ0n) is 15.6. The third kappa shape index (κ3) is 6.31. The molecule has 0 spiro atoms. The summed E-state index contributed by atoms with van der Waals surface area (Å²) >= 11 is 1.80. The van der Waals surface area contributed by atoms with Gasteiger partial charge in [-0.3, -0.25) is 0 Å². The maximum Gasteiger partial charge on any atom is 0.193 e. The average Bonchev–Trinajstić information content (AvgIpc) is 3.37. The Labute approximate surface area is 181 Å². The molecule has 3 aromatic heterocycles. The molecule has 0 unspecified atom stereocenters. The lowest BCUT2D eigenvalue weighted by Gasteiger charge is -2.21. The number of rotatable bonds is 7. The van der Waals surface area contributed by atoms with Gasteiger partial charge in [-0.1, -0.05) is 6.07 Å². The maximum atomic E-state index is 4.78. The van der Waals surface area contributed by atoms with E-state index in [1.165, 1.54) is 4.88 Å². The molecule has 8 heteroatoms. The van der Waals surface area contributed by atoms with Crippen molar-refractivity contribution in [3.63, 3.8) is 0 Å². The Morgan fingerprint density at radius 2 is 2.19 bits per heavy atom. The smallest absolute Gasteiger partial charge is 0.193 e. The van der Waals surface area contributed by atoms with E-state index in [9.17, 15) is 0 Å². The van der Waals surface area contributed by atoms with Gasteiger partial charge in [-0.25, -0.2) is 14.7 Å². The Morgan fingerprint density at radius 1 is 1.30 bits per heavy atom. The van der Waals surface area contributed by atoms with Gasteiger partial charge in [-0.15, -0.1) is 35.3 Å². The molecular weight excluding hydrogens is 471 g/mol. The fraction of sp³-hybridized carbons (Fsp3) is 0.316. The fourth-order valence-electron chi connectivity index (χ4n) is 2.56. The Hall–Kier alpha value is -1.94. The third-order valence-corrected chi connectivity index (χ3v) is 4.87. The molecule has 0 radical (unpaired) electrons. The van der Waals surface area contributed by atoms with Crippen LogP contribution in [0.25, 0.3) is 5.82 Å². The lowest BCUT2D eigenvalue weighted by Crippen LogP contribution is -2.39. The van der Waals surface area contributed by atoms with Crippen molar-refractivity contribution in [1.82, 2.24) is 25.0 Å². The summed E-state index contributed by atoms with van der Waals surface area (Å²) in [6.07, 6.45) is 6.46. The molecule has 0 bridgehead atoms. The summed E-state index contributed by atoms with van der Waals surface area (Å²) in [7, 11) is 2.08. The number of nitrogens with one attached hydrogen (secondary N) is 1. The highest BCUT2D eigenvalue weighted by molar-refractivity contribution is 14.0. The molecule has 3 rings (SSSR count). The van der Waals surface area contributed by atoms with Crippen molar-refractivity contribution in [1.29, 1.82) is 0 Å². The van der Waals surface area contributed by atoms with Crippen LogP contribution in [0.2, 0.25) is 0 Å². The van der Waals surface area contributed by atoms with Crippen molar-refractivity contribution in [3.8, 4) is 5.82 Å². The number of aromatic nitrogens is 3. The van der Waals surface area contributed by atoms with Crippen molar-refractivity contribution in [2.75, 3.05) is 20.1 Å². The molecule has 6 nitrogen and oxygen atoms in total. The van der Waals surface area contributed by atoms with Gasteiger partial charge in [-0.2, -0.15) is 5.10 Å². The molecular formula is C19H25IN6S. The van der Waals surface area contributed by atoms with E-state index >= 15 is 0 Å². The van der Waals surface area contributed by atoms with Crippen LogP contribution in [-0.2, 0) is 13.0 Å². The van der Waals surface area contributed by atoms with E-state index in [4.69, 9.17) is 4.99 Å². The maximum absolute atomic E-state index is 4.78. The van der Waals surface area contributed by atoms with Gasteiger partial charge in [0.05, 0.1) is 6.54 Å². The lowest BCUT2D eigenvalue weighted by molar-refractivity contribution is 0.486. The molecule has 0 aliphatic carbocycles. The van der Waals surface area contributed by atoms with Crippen LogP contribution >= 0.6 is 35.3 Å². The summed E-state index contributed by atoms with van der Waals surface area (Å²) in [4.78, 5) is 12.7. The predicted octanol–water partition coefficient (Wildman–Crippen LogP) is 3.59. The summed E-state index contributed by atoms with van der Waals surface area (Å²) in [5.41, 5.74) is 1.10. The molecule has 0 fully saturated rings. The second kappa shape index (κ2) is 11.0. The molecule has 27 heavy (non-hydrogen) atoms. The summed E-state index contributed by atoms with van der Waals surface area (Å²) in [5.74, 6) is 1.72. The highest BCUT2D eigenvalue weighted by Crippen LogP contribution is 2.10. The van der Waals surface area contributed by atoms with Crippen molar-refractivity contribution in [3.05, 3.63) is 64.7 Å². The standard InChI is InChI=1S/C19H24N6S.HI/c1-3-20-19(24(2)12-8-17-6-4-13-26-17)22-15-16-7-10-21-18(14-16)25-11-5-9-23-25;/h4-7,9-11,13-14H,3,8,12,15H2,1-2H3,(H,20,22);1H. The lowest BCUT2D eigenvalue weighted by atomic mass is 10.2. The van der Waals surface area contributed by atoms with Crippen LogP contribution in [0, 0.1) is 0 Å². The molecule has 0 aliphatic rings. The molecule has 0 saturated carbocycles. The first kappa shape index (κ1) is 21.4. The first-order chi connectivity index (χ1) is 12.8. The van der Waals surface area contributed by atoms with Crippen LogP contribution < -0.4 is 5.32 Å². The van der Waals surface area contributed by atoms with Crippen LogP contribution in [0.1, 0.15) is 17.4 Å². The molecule has 0 aromatic carbocycles.